The fourth-order valence-corrected chi connectivity index (χ4v) is 2.82. The third kappa shape index (κ3) is 2.94. The zero-order valence-corrected chi connectivity index (χ0v) is 11.5. The summed E-state index contributed by atoms with van der Waals surface area (Å²) in [5.41, 5.74) is 8.96. The van der Waals surface area contributed by atoms with E-state index in [1.807, 2.05) is 18.2 Å². The van der Waals surface area contributed by atoms with Crippen molar-refractivity contribution in [2.24, 2.45) is 0 Å². The van der Waals surface area contributed by atoms with Crippen LogP contribution in [-0.2, 0) is 10.0 Å². The molecule has 1 aliphatic heterocycles. The Bertz CT molecular complexity index is 542. The Morgan fingerprint density at radius 1 is 1.50 bits per heavy atom. The highest BCUT2D eigenvalue weighted by Crippen LogP contribution is 2.36. The van der Waals surface area contributed by atoms with Gasteiger partial charge in [0.15, 0.2) is 0 Å². The van der Waals surface area contributed by atoms with Gasteiger partial charge in [-0.2, -0.15) is 0 Å². The molecule has 100 valence electrons. The molecule has 1 atom stereocenters. The molecule has 1 aromatic carbocycles. The smallest absolute Gasteiger partial charge is 0.208 e. The van der Waals surface area contributed by atoms with Crippen molar-refractivity contribution in [2.45, 2.75) is 12.8 Å². The number of hydrogen-bond donors (Lipinski definition) is 2. The third-order valence-corrected chi connectivity index (χ3v) is 3.89. The van der Waals surface area contributed by atoms with E-state index in [0.29, 0.717) is 19.0 Å². The van der Waals surface area contributed by atoms with E-state index in [2.05, 4.69) is 16.5 Å². The van der Waals surface area contributed by atoms with Crippen molar-refractivity contribution >= 4 is 21.4 Å². The Kier molecular flexibility index (Phi) is 3.49. The van der Waals surface area contributed by atoms with Crippen molar-refractivity contribution in [2.75, 3.05) is 36.5 Å². The summed E-state index contributed by atoms with van der Waals surface area (Å²) in [6.45, 7) is 4.16. The zero-order chi connectivity index (χ0) is 13.3. The van der Waals surface area contributed by atoms with Crippen LogP contribution in [0.15, 0.2) is 18.2 Å². The summed E-state index contributed by atoms with van der Waals surface area (Å²) in [6, 6.07) is 5.90. The standard InChI is InChI=1S/C12H19N3O2S/c1-9-8-15(6-5-14-18(2,16)17)12-4-3-10(13)7-11(9)12/h3-4,7,9,14H,5-6,8,13H2,1-2H3. The molecule has 2 rings (SSSR count). The van der Waals surface area contributed by atoms with Crippen LogP contribution >= 0.6 is 0 Å². The summed E-state index contributed by atoms with van der Waals surface area (Å²) >= 11 is 0. The number of anilines is 2. The van der Waals surface area contributed by atoms with E-state index in [9.17, 15) is 8.42 Å². The van der Waals surface area contributed by atoms with Gasteiger partial charge in [-0.05, 0) is 23.8 Å². The van der Waals surface area contributed by atoms with Crippen molar-refractivity contribution in [1.82, 2.24) is 4.72 Å². The van der Waals surface area contributed by atoms with Crippen LogP contribution < -0.4 is 15.4 Å². The lowest BCUT2D eigenvalue weighted by molar-refractivity contribution is 0.586. The lowest BCUT2D eigenvalue weighted by Gasteiger charge is -2.19. The molecule has 3 N–H and O–H groups in total. The molecular weight excluding hydrogens is 250 g/mol. The van der Waals surface area contributed by atoms with Gasteiger partial charge in [0.2, 0.25) is 10.0 Å². The molecule has 6 heteroatoms. The Morgan fingerprint density at radius 2 is 2.22 bits per heavy atom. The first-order valence-corrected chi connectivity index (χ1v) is 7.85. The number of nitrogens with zero attached hydrogens (tertiary/aromatic N) is 1. The van der Waals surface area contributed by atoms with Gasteiger partial charge in [0.1, 0.15) is 0 Å². The van der Waals surface area contributed by atoms with Crippen LogP contribution in [0.5, 0.6) is 0 Å². The zero-order valence-electron chi connectivity index (χ0n) is 10.7. The number of fused-ring (bicyclic) bond motifs is 1. The molecule has 1 unspecified atom stereocenters. The van der Waals surface area contributed by atoms with Crippen LogP contribution in [0.2, 0.25) is 0 Å². The van der Waals surface area contributed by atoms with E-state index in [4.69, 9.17) is 5.73 Å². The summed E-state index contributed by atoms with van der Waals surface area (Å²) in [5.74, 6) is 0.432. The first kappa shape index (κ1) is 13.2. The predicted octanol–water partition coefficient (Wildman–Crippen LogP) is 0.742. The van der Waals surface area contributed by atoms with Crippen molar-refractivity contribution < 1.29 is 8.42 Å². The molecule has 1 heterocycles. The molecule has 0 spiro atoms. The molecule has 0 aromatic heterocycles. The SMILES string of the molecule is CC1CN(CCNS(C)(=O)=O)c2ccc(N)cc21. The van der Waals surface area contributed by atoms with Gasteiger partial charge in [-0.15, -0.1) is 0 Å². The number of nitrogens with two attached hydrogens (primary N) is 1. The molecule has 1 aliphatic rings. The van der Waals surface area contributed by atoms with Gasteiger partial charge in [-0.3, -0.25) is 0 Å². The molecule has 0 bridgehead atoms. The van der Waals surface area contributed by atoms with E-state index in [1.54, 1.807) is 0 Å². The van der Waals surface area contributed by atoms with Crippen LogP contribution in [0.1, 0.15) is 18.4 Å². The number of benzene rings is 1. The van der Waals surface area contributed by atoms with Crippen LogP contribution in [0, 0.1) is 0 Å². The van der Waals surface area contributed by atoms with Crippen molar-refractivity contribution in [1.29, 1.82) is 0 Å². The highest BCUT2D eigenvalue weighted by molar-refractivity contribution is 7.88. The lowest BCUT2D eigenvalue weighted by Crippen LogP contribution is -2.33. The van der Waals surface area contributed by atoms with Crippen molar-refractivity contribution in [3.8, 4) is 0 Å². The van der Waals surface area contributed by atoms with Crippen molar-refractivity contribution in [3.63, 3.8) is 0 Å². The number of hydrogen-bond acceptors (Lipinski definition) is 4. The predicted molar refractivity (Wildman–Crippen MR) is 74.3 cm³/mol. The van der Waals surface area contributed by atoms with E-state index in [0.717, 1.165) is 17.9 Å². The summed E-state index contributed by atoms with van der Waals surface area (Å²) < 4.78 is 24.5. The highest BCUT2D eigenvalue weighted by atomic mass is 32.2. The minimum atomic E-state index is -3.11. The number of rotatable bonds is 4. The van der Waals surface area contributed by atoms with Gasteiger partial charge >= 0.3 is 0 Å². The maximum absolute atomic E-state index is 11.0. The Morgan fingerprint density at radius 3 is 2.89 bits per heavy atom. The molecule has 0 aliphatic carbocycles. The quantitative estimate of drug-likeness (QED) is 0.791. The van der Waals surface area contributed by atoms with Crippen LogP contribution in [0.25, 0.3) is 0 Å². The Hall–Kier alpha value is -1.27. The molecule has 0 radical (unpaired) electrons. The number of sulfonamides is 1. The summed E-state index contributed by atoms with van der Waals surface area (Å²) in [7, 11) is -3.11. The monoisotopic (exact) mass is 269 g/mol. The first-order valence-electron chi connectivity index (χ1n) is 5.96. The minimum Gasteiger partial charge on any atom is -0.399 e. The molecule has 0 fully saturated rings. The average Bonchev–Trinajstić information content (AvgIpc) is 2.54. The van der Waals surface area contributed by atoms with Crippen molar-refractivity contribution in [3.05, 3.63) is 23.8 Å². The first-order chi connectivity index (χ1) is 8.37. The van der Waals surface area contributed by atoms with E-state index in [1.165, 1.54) is 11.8 Å². The minimum absolute atomic E-state index is 0.426. The van der Waals surface area contributed by atoms with Gasteiger partial charge in [0, 0.05) is 36.9 Å². The fourth-order valence-electron chi connectivity index (χ4n) is 2.36. The Balaban J connectivity index is 2.06. The second-order valence-electron chi connectivity index (χ2n) is 4.83. The molecule has 1 aromatic rings. The van der Waals surface area contributed by atoms with Crippen LogP contribution in [0.3, 0.4) is 0 Å². The normalized spacial score (nSPS) is 19.0. The maximum Gasteiger partial charge on any atom is 0.208 e. The summed E-state index contributed by atoms with van der Waals surface area (Å²) in [6.07, 6.45) is 1.17. The second-order valence-corrected chi connectivity index (χ2v) is 6.66. The topological polar surface area (TPSA) is 75.4 Å². The Labute approximate surface area is 108 Å². The van der Waals surface area contributed by atoms with Gasteiger partial charge < -0.3 is 10.6 Å². The van der Waals surface area contributed by atoms with E-state index < -0.39 is 10.0 Å². The molecule has 5 nitrogen and oxygen atoms in total. The van der Waals surface area contributed by atoms with Crippen LogP contribution in [0.4, 0.5) is 11.4 Å². The third-order valence-electron chi connectivity index (χ3n) is 3.16. The molecule has 0 amide bonds. The fraction of sp³-hybridized carbons (Fsp3) is 0.500. The molecule has 18 heavy (non-hydrogen) atoms. The second kappa shape index (κ2) is 4.78. The molecule has 0 saturated carbocycles. The van der Waals surface area contributed by atoms with E-state index in [-0.39, 0.29) is 0 Å². The molecular formula is C12H19N3O2S. The number of nitrogens with one attached hydrogen (secondary N) is 1. The average molecular weight is 269 g/mol. The van der Waals surface area contributed by atoms with Gasteiger partial charge in [-0.1, -0.05) is 6.92 Å². The van der Waals surface area contributed by atoms with E-state index >= 15 is 0 Å². The largest absolute Gasteiger partial charge is 0.399 e. The number of nitrogen functional groups attached to an aromatic ring is 1. The lowest BCUT2D eigenvalue weighted by atomic mass is 10.0. The maximum atomic E-state index is 11.0. The molecule has 0 saturated heterocycles. The highest BCUT2D eigenvalue weighted by Gasteiger charge is 2.25. The summed E-state index contributed by atoms with van der Waals surface area (Å²) in [4.78, 5) is 2.19. The van der Waals surface area contributed by atoms with Gasteiger partial charge in [-0.25, -0.2) is 13.1 Å². The van der Waals surface area contributed by atoms with Crippen LogP contribution in [-0.4, -0.2) is 34.3 Å². The van der Waals surface area contributed by atoms with Gasteiger partial charge in [0.25, 0.3) is 0 Å². The van der Waals surface area contributed by atoms with Gasteiger partial charge in [0.05, 0.1) is 6.26 Å². The summed E-state index contributed by atoms with van der Waals surface area (Å²) in [5, 5.41) is 0.